The molecule has 1 aromatic carbocycles. The number of hydrogen-bond donors (Lipinski definition) is 1. The standard InChI is InChI=1S/C16H20N2O3/c1-11-9-18(10-15(19)17-11)16(20)8-12-4-5-14-13(7-12)3-2-6-21-14/h4-5,7,11H,2-3,6,8-10H2,1H3,(H,17,19). The molecule has 0 radical (unpaired) electrons. The van der Waals surface area contributed by atoms with Crippen LogP contribution in [0.15, 0.2) is 18.2 Å². The van der Waals surface area contributed by atoms with E-state index < -0.39 is 0 Å². The zero-order valence-corrected chi connectivity index (χ0v) is 12.2. The Labute approximate surface area is 124 Å². The number of benzene rings is 1. The normalized spacial score (nSPS) is 21.3. The second kappa shape index (κ2) is 5.76. The van der Waals surface area contributed by atoms with E-state index in [1.54, 1.807) is 4.90 Å². The molecular formula is C16H20N2O3. The lowest BCUT2D eigenvalue weighted by atomic mass is 10.0. The second-order valence-corrected chi connectivity index (χ2v) is 5.81. The zero-order chi connectivity index (χ0) is 14.8. The average molecular weight is 288 g/mol. The number of nitrogens with one attached hydrogen (secondary N) is 1. The van der Waals surface area contributed by atoms with Gasteiger partial charge in [-0.15, -0.1) is 0 Å². The van der Waals surface area contributed by atoms with Crippen molar-refractivity contribution in [1.29, 1.82) is 0 Å². The summed E-state index contributed by atoms with van der Waals surface area (Å²) in [6.07, 6.45) is 2.36. The minimum atomic E-state index is -0.0825. The first kappa shape index (κ1) is 13.9. The molecule has 5 nitrogen and oxygen atoms in total. The van der Waals surface area contributed by atoms with Crippen molar-refractivity contribution in [1.82, 2.24) is 10.2 Å². The fourth-order valence-corrected chi connectivity index (χ4v) is 2.93. The fraction of sp³-hybridized carbons (Fsp3) is 0.500. The van der Waals surface area contributed by atoms with Gasteiger partial charge in [-0.1, -0.05) is 12.1 Å². The van der Waals surface area contributed by atoms with Crippen LogP contribution in [-0.4, -0.2) is 42.5 Å². The second-order valence-electron chi connectivity index (χ2n) is 5.81. The largest absolute Gasteiger partial charge is 0.493 e. The van der Waals surface area contributed by atoms with Crippen molar-refractivity contribution in [2.45, 2.75) is 32.2 Å². The topological polar surface area (TPSA) is 58.6 Å². The van der Waals surface area contributed by atoms with Crippen LogP contribution in [0.1, 0.15) is 24.5 Å². The Morgan fingerprint density at radius 2 is 2.33 bits per heavy atom. The first-order valence-electron chi connectivity index (χ1n) is 7.43. The number of amides is 2. The van der Waals surface area contributed by atoms with Crippen LogP contribution in [0.25, 0.3) is 0 Å². The summed E-state index contributed by atoms with van der Waals surface area (Å²) in [6.45, 7) is 3.43. The number of piperazine rings is 1. The maximum Gasteiger partial charge on any atom is 0.239 e. The molecule has 0 aromatic heterocycles. The van der Waals surface area contributed by atoms with Crippen molar-refractivity contribution >= 4 is 11.8 Å². The predicted molar refractivity (Wildman–Crippen MR) is 78.1 cm³/mol. The predicted octanol–water partition coefficient (Wildman–Crippen LogP) is 0.901. The van der Waals surface area contributed by atoms with E-state index >= 15 is 0 Å². The number of fused-ring (bicyclic) bond motifs is 1. The summed E-state index contributed by atoms with van der Waals surface area (Å²) < 4.78 is 5.58. The van der Waals surface area contributed by atoms with E-state index in [1.165, 1.54) is 5.56 Å². The highest BCUT2D eigenvalue weighted by atomic mass is 16.5. The van der Waals surface area contributed by atoms with Gasteiger partial charge in [0, 0.05) is 12.6 Å². The molecule has 0 spiro atoms. The first-order chi connectivity index (χ1) is 10.1. The van der Waals surface area contributed by atoms with Gasteiger partial charge in [0.2, 0.25) is 11.8 Å². The van der Waals surface area contributed by atoms with Gasteiger partial charge in [-0.05, 0) is 37.0 Å². The molecule has 1 fully saturated rings. The Balaban J connectivity index is 1.68. The number of nitrogens with zero attached hydrogens (tertiary/aromatic N) is 1. The highest BCUT2D eigenvalue weighted by molar-refractivity contribution is 5.87. The smallest absolute Gasteiger partial charge is 0.239 e. The summed E-state index contributed by atoms with van der Waals surface area (Å²) in [5.74, 6) is 0.859. The van der Waals surface area contributed by atoms with Crippen LogP contribution in [-0.2, 0) is 22.4 Å². The van der Waals surface area contributed by atoms with Gasteiger partial charge in [0.25, 0.3) is 0 Å². The number of aryl methyl sites for hydroxylation is 1. The number of carbonyl (C=O) groups excluding carboxylic acids is 2. The van der Waals surface area contributed by atoms with Crippen molar-refractivity contribution in [3.63, 3.8) is 0 Å². The van der Waals surface area contributed by atoms with E-state index in [-0.39, 0.29) is 24.4 Å². The van der Waals surface area contributed by atoms with Crippen LogP contribution < -0.4 is 10.1 Å². The quantitative estimate of drug-likeness (QED) is 0.879. The molecule has 1 N–H and O–H groups in total. The lowest BCUT2D eigenvalue weighted by Gasteiger charge is -2.31. The van der Waals surface area contributed by atoms with Crippen molar-refractivity contribution in [2.24, 2.45) is 0 Å². The third-order valence-corrected chi connectivity index (χ3v) is 3.92. The summed E-state index contributed by atoms with van der Waals surface area (Å²) in [5.41, 5.74) is 2.17. The van der Waals surface area contributed by atoms with Gasteiger partial charge in [-0.3, -0.25) is 9.59 Å². The molecule has 1 aromatic rings. The highest BCUT2D eigenvalue weighted by Gasteiger charge is 2.25. The van der Waals surface area contributed by atoms with Gasteiger partial charge in [-0.2, -0.15) is 0 Å². The molecule has 2 aliphatic heterocycles. The van der Waals surface area contributed by atoms with Gasteiger partial charge in [0.05, 0.1) is 19.6 Å². The molecule has 0 aliphatic carbocycles. The number of ether oxygens (including phenoxy) is 1. The minimum absolute atomic E-state index is 0.00776. The Morgan fingerprint density at radius 1 is 1.48 bits per heavy atom. The molecule has 112 valence electrons. The monoisotopic (exact) mass is 288 g/mol. The first-order valence-corrected chi connectivity index (χ1v) is 7.43. The Bertz CT molecular complexity index is 571. The molecule has 5 heteroatoms. The van der Waals surface area contributed by atoms with Crippen molar-refractivity contribution in [3.05, 3.63) is 29.3 Å². The molecule has 1 atom stereocenters. The number of hydrogen-bond acceptors (Lipinski definition) is 3. The zero-order valence-electron chi connectivity index (χ0n) is 12.2. The highest BCUT2D eigenvalue weighted by Crippen LogP contribution is 2.25. The van der Waals surface area contributed by atoms with Gasteiger partial charge < -0.3 is 15.0 Å². The van der Waals surface area contributed by atoms with Gasteiger partial charge in [-0.25, -0.2) is 0 Å². The average Bonchev–Trinajstić information content (AvgIpc) is 2.46. The van der Waals surface area contributed by atoms with Gasteiger partial charge >= 0.3 is 0 Å². The van der Waals surface area contributed by atoms with Crippen LogP contribution in [0, 0.1) is 0 Å². The van der Waals surface area contributed by atoms with Crippen LogP contribution in [0.4, 0.5) is 0 Å². The van der Waals surface area contributed by atoms with Crippen LogP contribution >= 0.6 is 0 Å². The van der Waals surface area contributed by atoms with E-state index in [0.717, 1.165) is 30.8 Å². The minimum Gasteiger partial charge on any atom is -0.493 e. The molecule has 0 bridgehead atoms. The molecule has 1 unspecified atom stereocenters. The summed E-state index contributed by atoms with van der Waals surface area (Å²) >= 11 is 0. The van der Waals surface area contributed by atoms with Crippen LogP contribution in [0.2, 0.25) is 0 Å². The fourth-order valence-electron chi connectivity index (χ4n) is 2.93. The number of rotatable bonds is 2. The Kier molecular flexibility index (Phi) is 3.82. The maximum atomic E-state index is 12.3. The van der Waals surface area contributed by atoms with E-state index in [9.17, 15) is 9.59 Å². The molecular weight excluding hydrogens is 268 g/mol. The molecule has 0 saturated carbocycles. The summed E-state index contributed by atoms with van der Waals surface area (Å²) in [7, 11) is 0. The third-order valence-electron chi connectivity index (χ3n) is 3.92. The lowest BCUT2D eigenvalue weighted by Crippen LogP contribution is -2.54. The third kappa shape index (κ3) is 3.17. The van der Waals surface area contributed by atoms with E-state index in [1.807, 2.05) is 19.1 Å². The number of carbonyl (C=O) groups is 2. The summed E-state index contributed by atoms with van der Waals surface area (Å²) in [5, 5.41) is 2.82. The van der Waals surface area contributed by atoms with E-state index in [4.69, 9.17) is 4.74 Å². The molecule has 2 heterocycles. The molecule has 21 heavy (non-hydrogen) atoms. The summed E-state index contributed by atoms with van der Waals surface area (Å²) in [4.78, 5) is 25.5. The van der Waals surface area contributed by atoms with E-state index in [0.29, 0.717) is 13.0 Å². The van der Waals surface area contributed by atoms with Crippen molar-refractivity contribution in [3.8, 4) is 5.75 Å². The van der Waals surface area contributed by atoms with Crippen molar-refractivity contribution < 1.29 is 14.3 Å². The maximum absolute atomic E-state index is 12.3. The molecule has 1 saturated heterocycles. The van der Waals surface area contributed by atoms with E-state index in [2.05, 4.69) is 11.4 Å². The van der Waals surface area contributed by atoms with Gasteiger partial charge in [0.1, 0.15) is 5.75 Å². The summed E-state index contributed by atoms with van der Waals surface area (Å²) in [6, 6.07) is 5.96. The molecule has 2 aliphatic rings. The lowest BCUT2D eigenvalue weighted by molar-refractivity contribution is -0.138. The van der Waals surface area contributed by atoms with Crippen LogP contribution in [0.3, 0.4) is 0 Å². The Morgan fingerprint density at radius 3 is 3.14 bits per heavy atom. The van der Waals surface area contributed by atoms with Crippen molar-refractivity contribution in [2.75, 3.05) is 19.7 Å². The SMILES string of the molecule is CC1CN(C(=O)Cc2ccc3c(c2)CCCO3)CC(=O)N1. The molecule has 2 amide bonds. The Hall–Kier alpha value is -2.04. The van der Waals surface area contributed by atoms with Crippen LogP contribution in [0.5, 0.6) is 5.75 Å². The molecule has 3 rings (SSSR count). The van der Waals surface area contributed by atoms with Gasteiger partial charge in [0.15, 0.2) is 0 Å².